The lowest BCUT2D eigenvalue weighted by Gasteiger charge is -2.17. The normalized spacial score (nSPS) is 14.6. The molecule has 0 aliphatic rings. The monoisotopic (exact) mass is 305 g/mol. The number of hydrogen-bond acceptors (Lipinski definition) is 4. The average molecular weight is 305 g/mol. The Morgan fingerprint density at radius 3 is 2.45 bits per heavy atom. The quantitative estimate of drug-likeness (QED) is 0.826. The van der Waals surface area contributed by atoms with Gasteiger partial charge in [0.25, 0.3) is 0 Å². The van der Waals surface area contributed by atoms with Crippen LogP contribution in [-0.4, -0.2) is 31.9 Å². The summed E-state index contributed by atoms with van der Waals surface area (Å²) in [5, 5.41) is 7.13. The first kappa shape index (κ1) is 16.4. The molecular weight excluding hydrogens is 289 g/mol. The lowest BCUT2D eigenvalue weighted by atomic mass is 10.1. The van der Waals surface area contributed by atoms with E-state index < -0.39 is 33.1 Å². The zero-order chi connectivity index (χ0) is 15.5. The van der Waals surface area contributed by atoms with Crippen molar-refractivity contribution in [2.45, 2.75) is 25.1 Å². The van der Waals surface area contributed by atoms with Crippen molar-refractivity contribution in [3.8, 4) is 5.75 Å². The SMILES string of the molecule is COc1ccc(C(C)NS(=O)(=O)C(C)C(=O)O)cc1F. The second kappa shape index (κ2) is 6.19. The maximum Gasteiger partial charge on any atom is 0.323 e. The highest BCUT2D eigenvalue weighted by molar-refractivity contribution is 7.90. The summed E-state index contributed by atoms with van der Waals surface area (Å²) >= 11 is 0. The molecule has 0 amide bonds. The molecule has 0 spiro atoms. The number of carboxylic acids is 1. The third-order valence-corrected chi connectivity index (χ3v) is 4.64. The molecule has 1 aromatic carbocycles. The fraction of sp³-hybridized carbons (Fsp3) is 0.417. The summed E-state index contributed by atoms with van der Waals surface area (Å²) < 4.78 is 44.0. The van der Waals surface area contributed by atoms with Crippen molar-refractivity contribution in [3.63, 3.8) is 0 Å². The molecule has 1 rings (SSSR count). The van der Waals surface area contributed by atoms with Crippen molar-refractivity contribution in [1.82, 2.24) is 4.72 Å². The molecular formula is C12H16FNO5S. The number of aliphatic carboxylic acids is 1. The van der Waals surface area contributed by atoms with Gasteiger partial charge in [0, 0.05) is 6.04 Å². The van der Waals surface area contributed by atoms with Crippen molar-refractivity contribution < 1.29 is 27.4 Å². The van der Waals surface area contributed by atoms with E-state index in [-0.39, 0.29) is 5.75 Å². The molecule has 1 aromatic rings. The van der Waals surface area contributed by atoms with Crippen LogP contribution in [0.2, 0.25) is 0 Å². The number of rotatable bonds is 6. The van der Waals surface area contributed by atoms with Crippen LogP contribution in [0.4, 0.5) is 4.39 Å². The Balaban J connectivity index is 2.94. The fourth-order valence-electron chi connectivity index (χ4n) is 1.50. The predicted octanol–water partition coefficient (Wildman–Crippen LogP) is 1.29. The smallest absolute Gasteiger partial charge is 0.323 e. The van der Waals surface area contributed by atoms with Crippen LogP contribution in [0.5, 0.6) is 5.75 Å². The highest BCUT2D eigenvalue weighted by Gasteiger charge is 2.29. The second-order valence-corrected chi connectivity index (χ2v) is 6.29. The maximum atomic E-state index is 13.5. The molecule has 0 bridgehead atoms. The minimum Gasteiger partial charge on any atom is -0.494 e. The highest BCUT2D eigenvalue weighted by atomic mass is 32.2. The van der Waals surface area contributed by atoms with E-state index in [0.717, 1.165) is 13.0 Å². The third kappa shape index (κ3) is 3.67. The Labute approximate surface area is 116 Å². The van der Waals surface area contributed by atoms with Gasteiger partial charge in [0.1, 0.15) is 0 Å². The van der Waals surface area contributed by atoms with E-state index in [1.807, 2.05) is 0 Å². The van der Waals surface area contributed by atoms with Crippen LogP contribution in [0.25, 0.3) is 0 Å². The van der Waals surface area contributed by atoms with Crippen LogP contribution in [0.15, 0.2) is 18.2 Å². The maximum absolute atomic E-state index is 13.5. The first-order valence-electron chi connectivity index (χ1n) is 5.76. The van der Waals surface area contributed by atoms with Gasteiger partial charge in [-0.15, -0.1) is 0 Å². The summed E-state index contributed by atoms with van der Waals surface area (Å²) in [6, 6.07) is 3.25. The highest BCUT2D eigenvalue weighted by Crippen LogP contribution is 2.22. The Hall–Kier alpha value is -1.67. The Kier molecular flexibility index (Phi) is 5.07. The van der Waals surface area contributed by atoms with Gasteiger partial charge in [0.2, 0.25) is 10.0 Å². The number of halogens is 1. The number of nitrogens with one attached hydrogen (secondary N) is 1. The summed E-state index contributed by atoms with van der Waals surface area (Å²) in [5.41, 5.74) is 0.365. The van der Waals surface area contributed by atoms with Gasteiger partial charge in [-0.3, -0.25) is 4.79 Å². The van der Waals surface area contributed by atoms with E-state index in [0.29, 0.717) is 5.56 Å². The predicted molar refractivity (Wildman–Crippen MR) is 70.5 cm³/mol. The van der Waals surface area contributed by atoms with Crippen LogP contribution in [0, 0.1) is 5.82 Å². The largest absolute Gasteiger partial charge is 0.494 e. The van der Waals surface area contributed by atoms with E-state index in [1.165, 1.54) is 26.2 Å². The van der Waals surface area contributed by atoms with E-state index in [1.54, 1.807) is 0 Å². The first-order chi connectivity index (χ1) is 9.19. The average Bonchev–Trinajstić information content (AvgIpc) is 2.36. The van der Waals surface area contributed by atoms with Crippen LogP contribution >= 0.6 is 0 Å². The van der Waals surface area contributed by atoms with Crippen LogP contribution in [0.1, 0.15) is 25.5 Å². The topological polar surface area (TPSA) is 92.7 Å². The molecule has 0 heterocycles. The van der Waals surface area contributed by atoms with Gasteiger partial charge in [-0.2, -0.15) is 0 Å². The van der Waals surface area contributed by atoms with Gasteiger partial charge >= 0.3 is 5.97 Å². The Morgan fingerprint density at radius 2 is 2.00 bits per heavy atom. The van der Waals surface area contributed by atoms with Gasteiger partial charge in [0.15, 0.2) is 16.8 Å². The molecule has 0 saturated heterocycles. The molecule has 2 unspecified atom stereocenters. The molecule has 0 aliphatic heterocycles. The zero-order valence-electron chi connectivity index (χ0n) is 11.3. The van der Waals surface area contributed by atoms with Crippen molar-refractivity contribution >= 4 is 16.0 Å². The molecule has 20 heavy (non-hydrogen) atoms. The van der Waals surface area contributed by atoms with Crippen molar-refractivity contribution in [2.24, 2.45) is 0 Å². The lowest BCUT2D eigenvalue weighted by molar-refractivity contribution is -0.136. The van der Waals surface area contributed by atoms with Gasteiger partial charge < -0.3 is 9.84 Å². The third-order valence-electron chi connectivity index (χ3n) is 2.83. The van der Waals surface area contributed by atoms with Gasteiger partial charge in [0.05, 0.1) is 7.11 Å². The van der Waals surface area contributed by atoms with Gasteiger partial charge in [-0.1, -0.05) is 6.07 Å². The van der Waals surface area contributed by atoms with Gasteiger partial charge in [-0.25, -0.2) is 17.5 Å². The summed E-state index contributed by atoms with van der Waals surface area (Å²) in [6.07, 6.45) is 0. The van der Waals surface area contributed by atoms with Crippen LogP contribution in [-0.2, 0) is 14.8 Å². The molecule has 6 nitrogen and oxygen atoms in total. The van der Waals surface area contributed by atoms with E-state index in [9.17, 15) is 17.6 Å². The summed E-state index contributed by atoms with van der Waals surface area (Å²) in [7, 11) is -2.72. The minimum atomic E-state index is -4.04. The van der Waals surface area contributed by atoms with E-state index in [2.05, 4.69) is 4.72 Å². The van der Waals surface area contributed by atoms with Gasteiger partial charge in [-0.05, 0) is 31.5 Å². The number of sulfonamides is 1. The van der Waals surface area contributed by atoms with Crippen molar-refractivity contribution in [1.29, 1.82) is 0 Å². The molecule has 8 heteroatoms. The number of methoxy groups -OCH3 is 1. The van der Waals surface area contributed by atoms with E-state index in [4.69, 9.17) is 9.84 Å². The first-order valence-corrected chi connectivity index (χ1v) is 7.31. The summed E-state index contributed by atoms with van der Waals surface area (Å²) in [6.45, 7) is 2.55. The molecule has 2 N–H and O–H groups in total. The van der Waals surface area contributed by atoms with Crippen LogP contribution < -0.4 is 9.46 Å². The molecule has 0 aromatic heterocycles. The molecule has 112 valence electrons. The lowest BCUT2D eigenvalue weighted by Crippen LogP contribution is -2.38. The Morgan fingerprint density at radius 1 is 1.40 bits per heavy atom. The number of hydrogen-bond donors (Lipinski definition) is 2. The zero-order valence-corrected chi connectivity index (χ0v) is 12.1. The molecule has 0 radical (unpaired) electrons. The fourth-order valence-corrected chi connectivity index (χ4v) is 2.60. The number of ether oxygens (including phenoxy) is 1. The molecule has 2 atom stereocenters. The number of carboxylic acid groups (broad SMARTS) is 1. The summed E-state index contributed by atoms with van der Waals surface area (Å²) in [5.74, 6) is -2.03. The molecule has 0 saturated carbocycles. The number of carbonyl (C=O) groups is 1. The summed E-state index contributed by atoms with van der Waals surface area (Å²) in [4.78, 5) is 10.7. The van der Waals surface area contributed by atoms with E-state index >= 15 is 0 Å². The standard InChI is InChI=1S/C12H16FNO5S/c1-7(14-20(17,18)8(2)12(15)16)9-4-5-11(19-3)10(13)6-9/h4-8,14H,1-3H3,(H,15,16). The molecule has 0 fully saturated rings. The van der Waals surface area contributed by atoms with Crippen molar-refractivity contribution in [3.05, 3.63) is 29.6 Å². The minimum absolute atomic E-state index is 0.0442. The van der Waals surface area contributed by atoms with Crippen LogP contribution in [0.3, 0.4) is 0 Å². The molecule has 0 aliphatic carbocycles. The number of benzene rings is 1. The second-order valence-electron chi connectivity index (χ2n) is 4.26. The Bertz CT molecular complexity index is 602. The van der Waals surface area contributed by atoms with Crippen molar-refractivity contribution in [2.75, 3.05) is 7.11 Å².